The minimum Gasteiger partial charge on any atom is -0.378 e. The Morgan fingerprint density at radius 3 is 2.46 bits per heavy atom. The number of hydrogen-bond acceptors (Lipinski definition) is 5. The lowest BCUT2D eigenvalue weighted by Gasteiger charge is -2.33. The lowest BCUT2D eigenvalue weighted by molar-refractivity contribution is -0.136. The molecule has 0 atom stereocenters. The van der Waals surface area contributed by atoms with Gasteiger partial charge in [-0.1, -0.05) is 18.2 Å². The number of rotatable bonds is 4. The second kappa shape index (κ2) is 8.28. The number of likely N-dealkylation sites (tertiary alicyclic amines) is 1. The first kappa shape index (κ1) is 18.9. The molecule has 0 bridgehead atoms. The fourth-order valence-electron chi connectivity index (χ4n) is 4.02. The Morgan fingerprint density at radius 1 is 1.11 bits per heavy atom. The SMILES string of the molecule is Cn1nc(C2CCN(CC(=O)N3CCOCC3)CC2)n(-c2ccccc2)c1=O. The summed E-state index contributed by atoms with van der Waals surface area (Å²) in [6, 6.07) is 9.66. The molecule has 150 valence electrons. The van der Waals surface area contributed by atoms with Crippen LogP contribution in [0, 0.1) is 0 Å². The Morgan fingerprint density at radius 2 is 1.79 bits per heavy atom. The van der Waals surface area contributed by atoms with Gasteiger partial charge in [-0.05, 0) is 38.1 Å². The van der Waals surface area contributed by atoms with Crippen molar-refractivity contribution in [1.82, 2.24) is 24.1 Å². The van der Waals surface area contributed by atoms with Gasteiger partial charge in [0, 0.05) is 26.1 Å². The number of para-hydroxylation sites is 1. The third-order valence-corrected chi connectivity index (χ3v) is 5.64. The van der Waals surface area contributed by atoms with Crippen molar-refractivity contribution < 1.29 is 9.53 Å². The van der Waals surface area contributed by atoms with E-state index >= 15 is 0 Å². The number of ether oxygens (including phenoxy) is 1. The molecule has 0 N–H and O–H groups in total. The molecule has 8 nitrogen and oxygen atoms in total. The zero-order valence-corrected chi connectivity index (χ0v) is 16.3. The van der Waals surface area contributed by atoms with Crippen molar-refractivity contribution in [3.05, 3.63) is 46.6 Å². The van der Waals surface area contributed by atoms with Crippen LogP contribution >= 0.6 is 0 Å². The number of amides is 1. The van der Waals surface area contributed by atoms with Crippen LogP contribution in [0.3, 0.4) is 0 Å². The molecule has 2 aliphatic heterocycles. The molecule has 0 radical (unpaired) electrons. The summed E-state index contributed by atoms with van der Waals surface area (Å²) in [5.41, 5.74) is 0.728. The maximum Gasteiger partial charge on any atom is 0.350 e. The summed E-state index contributed by atoms with van der Waals surface area (Å²) < 4.78 is 8.45. The van der Waals surface area contributed by atoms with Gasteiger partial charge in [0.15, 0.2) is 0 Å². The molecule has 8 heteroatoms. The molecule has 2 aromatic rings. The van der Waals surface area contributed by atoms with E-state index in [1.165, 1.54) is 4.68 Å². The molecule has 2 fully saturated rings. The van der Waals surface area contributed by atoms with Crippen LogP contribution in [-0.2, 0) is 16.6 Å². The maximum atomic E-state index is 12.6. The Balaban J connectivity index is 1.42. The summed E-state index contributed by atoms with van der Waals surface area (Å²) in [5.74, 6) is 1.21. The van der Waals surface area contributed by atoms with Gasteiger partial charge in [0.1, 0.15) is 5.82 Å². The summed E-state index contributed by atoms with van der Waals surface area (Å²) in [5, 5.41) is 4.53. The number of hydrogen-bond donors (Lipinski definition) is 0. The van der Waals surface area contributed by atoms with Crippen molar-refractivity contribution in [2.45, 2.75) is 18.8 Å². The molecule has 0 aliphatic carbocycles. The zero-order chi connectivity index (χ0) is 19.5. The lowest BCUT2D eigenvalue weighted by atomic mass is 9.95. The highest BCUT2D eigenvalue weighted by molar-refractivity contribution is 5.78. The van der Waals surface area contributed by atoms with Gasteiger partial charge in [-0.15, -0.1) is 0 Å². The first-order valence-corrected chi connectivity index (χ1v) is 9.93. The van der Waals surface area contributed by atoms with Crippen molar-refractivity contribution in [2.75, 3.05) is 45.9 Å². The number of benzene rings is 1. The number of nitrogens with zero attached hydrogens (tertiary/aromatic N) is 5. The van der Waals surface area contributed by atoms with E-state index in [4.69, 9.17) is 4.74 Å². The van der Waals surface area contributed by atoms with Gasteiger partial charge in [-0.2, -0.15) is 5.10 Å². The fourth-order valence-corrected chi connectivity index (χ4v) is 4.02. The van der Waals surface area contributed by atoms with Crippen LogP contribution in [0.1, 0.15) is 24.6 Å². The number of morpholine rings is 1. The molecule has 0 saturated carbocycles. The molecule has 4 rings (SSSR count). The van der Waals surface area contributed by atoms with Gasteiger partial charge in [-0.3, -0.25) is 9.69 Å². The molecular weight excluding hydrogens is 358 g/mol. The average Bonchev–Trinajstić information content (AvgIpc) is 3.04. The van der Waals surface area contributed by atoms with Crippen LogP contribution in [-0.4, -0.2) is 76.0 Å². The standard InChI is InChI=1S/C20H27N5O3/c1-22-20(27)25(17-5-3-2-4-6-17)19(21-22)16-7-9-23(10-8-16)15-18(26)24-11-13-28-14-12-24/h2-6,16H,7-15H2,1H3. The molecule has 28 heavy (non-hydrogen) atoms. The average molecular weight is 385 g/mol. The van der Waals surface area contributed by atoms with Gasteiger partial charge in [0.2, 0.25) is 5.91 Å². The number of piperidine rings is 1. The minimum atomic E-state index is -0.119. The van der Waals surface area contributed by atoms with Crippen LogP contribution < -0.4 is 5.69 Å². The summed E-state index contributed by atoms with van der Waals surface area (Å²) >= 11 is 0. The third kappa shape index (κ3) is 3.88. The minimum absolute atomic E-state index is 0.119. The third-order valence-electron chi connectivity index (χ3n) is 5.64. The van der Waals surface area contributed by atoms with Gasteiger partial charge in [0.25, 0.3) is 0 Å². The van der Waals surface area contributed by atoms with Crippen molar-refractivity contribution in [3.8, 4) is 5.69 Å². The molecule has 0 spiro atoms. The number of aryl methyl sites for hydroxylation is 1. The van der Waals surface area contributed by atoms with Crippen LogP contribution in [0.2, 0.25) is 0 Å². The highest BCUT2D eigenvalue weighted by Gasteiger charge is 2.28. The molecule has 2 saturated heterocycles. The first-order valence-electron chi connectivity index (χ1n) is 9.93. The van der Waals surface area contributed by atoms with Crippen molar-refractivity contribution in [2.24, 2.45) is 7.05 Å². The summed E-state index contributed by atoms with van der Waals surface area (Å²) in [7, 11) is 1.70. The van der Waals surface area contributed by atoms with Crippen molar-refractivity contribution in [1.29, 1.82) is 0 Å². The van der Waals surface area contributed by atoms with E-state index in [-0.39, 0.29) is 17.5 Å². The van der Waals surface area contributed by atoms with E-state index < -0.39 is 0 Å². The van der Waals surface area contributed by atoms with Crippen LogP contribution in [0.15, 0.2) is 35.1 Å². The number of carbonyl (C=O) groups is 1. The predicted octanol–water partition coefficient (Wildman–Crippen LogP) is 0.609. The van der Waals surface area contributed by atoms with Gasteiger partial charge in [0.05, 0.1) is 25.4 Å². The highest BCUT2D eigenvalue weighted by atomic mass is 16.5. The van der Waals surface area contributed by atoms with E-state index in [0.29, 0.717) is 32.8 Å². The molecule has 1 aromatic carbocycles. The first-order chi connectivity index (χ1) is 13.6. The van der Waals surface area contributed by atoms with E-state index in [9.17, 15) is 9.59 Å². The topological polar surface area (TPSA) is 72.6 Å². The Hall–Kier alpha value is -2.45. The summed E-state index contributed by atoms with van der Waals surface area (Å²) in [6.07, 6.45) is 1.78. The van der Waals surface area contributed by atoms with E-state index in [0.717, 1.165) is 37.4 Å². The monoisotopic (exact) mass is 385 g/mol. The molecule has 3 heterocycles. The molecule has 0 unspecified atom stereocenters. The number of carbonyl (C=O) groups excluding carboxylic acids is 1. The molecular formula is C20H27N5O3. The quantitative estimate of drug-likeness (QED) is 0.771. The zero-order valence-electron chi connectivity index (χ0n) is 16.3. The van der Waals surface area contributed by atoms with E-state index in [2.05, 4.69) is 10.00 Å². The number of aromatic nitrogens is 3. The van der Waals surface area contributed by atoms with Crippen molar-refractivity contribution in [3.63, 3.8) is 0 Å². The Labute approximate surface area is 164 Å². The molecule has 1 aromatic heterocycles. The summed E-state index contributed by atoms with van der Waals surface area (Å²) in [4.78, 5) is 29.2. The van der Waals surface area contributed by atoms with Gasteiger partial charge >= 0.3 is 5.69 Å². The normalized spacial score (nSPS) is 19.1. The Kier molecular flexibility index (Phi) is 5.59. The summed E-state index contributed by atoms with van der Waals surface area (Å²) in [6.45, 7) is 4.76. The highest BCUT2D eigenvalue weighted by Crippen LogP contribution is 2.27. The maximum absolute atomic E-state index is 12.6. The van der Waals surface area contributed by atoms with E-state index in [1.54, 1.807) is 11.6 Å². The Bertz CT molecular complexity index is 862. The van der Waals surface area contributed by atoms with Gasteiger partial charge < -0.3 is 9.64 Å². The van der Waals surface area contributed by atoms with E-state index in [1.807, 2.05) is 35.2 Å². The predicted molar refractivity (Wildman–Crippen MR) is 105 cm³/mol. The second-order valence-corrected chi connectivity index (χ2v) is 7.48. The fraction of sp³-hybridized carbons (Fsp3) is 0.550. The van der Waals surface area contributed by atoms with Gasteiger partial charge in [-0.25, -0.2) is 14.0 Å². The van der Waals surface area contributed by atoms with Crippen LogP contribution in [0.5, 0.6) is 0 Å². The second-order valence-electron chi connectivity index (χ2n) is 7.48. The molecule has 2 aliphatic rings. The smallest absolute Gasteiger partial charge is 0.350 e. The van der Waals surface area contributed by atoms with Crippen LogP contribution in [0.25, 0.3) is 5.69 Å². The van der Waals surface area contributed by atoms with Crippen LogP contribution in [0.4, 0.5) is 0 Å². The van der Waals surface area contributed by atoms with Crippen molar-refractivity contribution >= 4 is 5.91 Å². The largest absolute Gasteiger partial charge is 0.378 e. The molecule has 1 amide bonds. The lowest BCUT2D eigenvalue weighted by Crippen LogP contribution is -2.47.